The molecule has 66 valence electrons. The quantitative estimate of drug-likeness (QED) is 0.676. The average molecular weight is 169 g/mol. The van der Waals surface area contributed by atoms with Crippen LogP contribution in [0.15, 0.2) is 24.3 Å². The van der Waals surface area contributed by atoms with Gasteiger partial charge in [0.25, 0.3) is 0 Å². The van der Waals surface area contributed by atoms with Gasteiger partial charge in [-0.2, -0.15) is 0 Å². The molecule has 1 N–H and O–H groups in total. The standard InChI is InChI=1S/C9H12FNO/c1-11(2)9(12)7-3-5-8(10)6-4-7/h3-6,9,12H,1-2H3. The molecule has 0 saturated carbocycles. The van der Waals surface area contributed by atoms with E-state index < -0.39 is 6.23 Å². The van der Waals surface area contributed by atoms with Crippen LogP contribution < -0.4 is 0 Å². The van der Waals surface area contributed by atoms with Gasteiger partial charge < -0.3 is 5.11 Å². The van der Waals surface area contributed by atoms with Crippen LogP contribution in [0.4, 0.5) is 4.39 Å². The molecule has 3 heteroatoms. The lowest BCUT2D eigenvalue weighted by Gasteiger charge is -2.18. The maximum Gasteiger partial charge on any atom is 0.133 e. The second kappa shape index (κ2) is 3.65. The van der Waals surface area contributed by atoms with Crippen molar-refractivity contribution >= 4 is 0 Å². The van der Waals surface area contributed by atoms with Crippen molar-refractivity contribution in [3.8, 4) is 0 Å². The van der Waals surface area contributed by atoms with Gasteiger partial charge in [0.1, 0.15) is 12.0 Å². The van der Waals surface area contributed by atoms with Crippen LogP contribution in [0.2, 0.25) is 0 Å². The van der Waals surface area contributed by atoms with Gasteiger partial charge in [0.15, 0.2) is 0 Å². The van der Waals surface area contributed by atoms with E-state index in [-0.39, 0.29) is 5.82 Å². The Balaban J connectivity index is 2.82. The predicted octanol–water partition coefficient (Wildman–Crippen LogP) is 1.38. The summed E-state index contributed by atoms with van der Waals surface area (Å²) in [4.78, 5) is 1.65. The molecular weight excluding hydrogens is 157 g/mol. The zero-order valence-corrected chi connectivity index (χ0v) is 7.16. The van der Waals surface area contributed by atoms with Gasteiger partial charge in [-0.15, -0.1) is 0 Å². The van der Waals surface area contributed by atoms with Gasteiger partial charge in [0, 0.05) is 0 Å². The minimum atomic E-state index is -0.661. The summed E-state index contributed by atoms with van der Waals surface area (Å²) in [7, 11) is 3.52. The highest BCUT2D eigenvalue weighted by Gasteiger charge is 2.08. The van der Waals surface area contributed by atoms with E-state index in [0.717, 1.165) is 0 Å². The molecule has 0 spiro atoms. The number of rotatable bonds is 2. The molecule has 0 aliphatic heterocycles. The third-order valence-electron chi connectivity index (χ3n) is 1.66. The molecule has 0 aliphatic carbocycles. The zero-order valence-electron chi connectivity index (χ0n) is 7.16. The third kappa shape index (κ3) is 2.03. The summed E-state index contributed by atoms with van der Waals surface area (Å²) in [5, 5.41) is 9.49. The van der Waals surface area contributed by atoms with Crippen molar-refractivity contribution in [2.45, 2.75) is 6.23 Å². The fraction of sp³-hybridized carbons (Fsp3) is 0.333. The highest BCUT2D eigenvalue weighted by Crippen LogP contribution is 2.14. The first kappa shape index (κ1) is 9.16. The van der Waals surface area contributed by atoms with Crippen molar-refractivity contribution in [1.82, 2.24) is 4.90 Å². The minimum Gasteiger partial charge on any atom is -0.374 e. The first-order chi connectivity index (χ1) is 5.61. The first-order valence-corrected chi connectivity index (χ1v) is 3.71. The van der Waals surface area contributed by atoms with E-state index >= 15 is 0 Å². The zero-order chi connectivity index (χ0) is 9.14. The first-order valence-electron chi connectivity index (χ1n) is 3.71. The van der Waals surface area contributed by atoms with Crippen LogP contribution in [0.5, 0.6) is 0 Å². The number of aliphatic hydroxyl groups excluding tert-OH is 1. The van der Waals surface area contributed by atoms with Crippen molar-refractivity contribution in [1.29, 1.82) is 0 Å². The number of hydrogen-bond acceptors (Lipinski definition) is 2. The maximum atomic E-state index is 12.5. The third-order valence-corrected chi connectivity index (χ3v) is 1.66. The summed E-state index contributed by atoms with van der Waals surface area (Å²) in [6.07, 6.45) is -0.661. The van der Waals surface area contributed by atoms with E-state index in [1.165, 1.54) is 12.1 Å². The molecule has 1 aromatic carbocycles. The fourth-order valence-electron chi connectivity index (χ4n) is 0.933. The molecule has 12 heavy (non-hydrogen) atoms. The summed E-state index contributed by atoms with van der Waals surface area (Å²) < 4.78 is 12.5. The Morgan fingerprint density at radius 2 is 1.75 bits per heavy atom. The molecule has 0 amide bonds. The van der Waals surface area contributed by atoms with Crippen LogP contribution in [0.3, 0.4) is 0 Å². The van der Waals surface area contributed by atoms with Gasteiger partial charge in [0.05, 0.1) is 0 Å². The smallest absolute Gasteiger partial charge is 0.133 e. The largest absolute Gasteiger partial charge is 0.374 e. The normalized spacial score (nSPS) is 13.4. The van der Waals surface area contributed by atoms with Crippen LogP contribution in [0.25, 0.3) is 0 Å². The second-order valence-corrected chi connectivity index (χ2v) is 2.89. The van der Waals surface area contributed by atoms with Crippen LogP contribution in [-0.2, 0) is 0 Å². The topological polar surface area (TPSA) is 23.5 Å². The second-order valence-electron chi connectivity index (χ2n) is 2.89. The molecule has 0 bridgehead atoms. The molecular formula is C9H12FNO. The van der Waals surface area contributed by atoms with E-state index in [0.29, 0.717) is 5.56 Å². The van der Waals surface area contributed by atoms with Crippen molar-refractivity contribution in [2.24, 2.45) is 0 Å². The summed E-state index contributed by atoms with van der Waals surface area (Å²) in [5.74, 6) is -0.287. The van der Waals surface area contributed by atoms with Crippen molar-refractivity contribution < 1.29 is 9.50 Å². The Morgan fingerprint density at radius 3 is 2.17 bits per heavy atom. The van der Waals surface area contributed by atoms with Gasteiger partial charge in [-0.05, 0) is 31.8 Å². The summed E-state index contributed by atoms with van der Waals surface area (Å²) in [5.41, 5.74) is 0.696. The lowest BCUT2D eigenvalue weighted by atomic mass is 10.2. The number of hydrogen-bond donors (Lipinski definition) is 1. The van der Waals surface area contributed by atoms with E-state index in [1.54, 1.807) is 31.1 Å². The molecule has 0 aliphatic rings. The lowest BCUT2D eigenvalue weighted by Crippen LogP contribution is -2.18. The molecule has 0 heterocycles. The number of aliphatic hydroxyl groups is 1. The summed E-state index contributed by atoms with van der Waals surface area (Å²) in [6.45, 7) is 0. The van der Waals surface area contributed by atoms with Gasteiger partial charge >= 0.3 is 0 Å². The molecule has 0 saturated heterocycles. The van der Waals surface area contributed by atoms with Crippen molar-refractivity contribution in [2.75, 3.05) is 14.1 Å². The highest BCUT2D eigenvalue weighted by molar-refractivity contribution is 5.17. The van der Waals surface area contributed by atoms with Crippen LogP contribution >= 0.6 is 0 Å². The molecule has 2 nitrogen and oxygen atoms in total. The number of benzene rings is 1. The van der Waals surface area contributed by atoms with E-state index in [4.69, 9.17) is 0 Å². The summed E-state index contributed by atoms with van der Waals surface area (Å²) in [6, 6.07) is 5.81. The maximum absolute atomic E-state index is 12.5. The van der Waals surface area contributed by atoms with E-state index in [1.807, 2.05) is 0 Å². The molecule has 1 atom stereocenters. The Bertz CT molecular complexity index is 245. The van der Waals surface area contributed by atoms with Gasteiger partial charge in [0.2, 0.25) is 0 Å². The monoisotopic (exact) mass is 169 g/mol. The Labute approximate surface area is 71.2 Å². The highest BCUT2D eigenvalue weighted by atomic mass is 19.1. The fourth-order valence-corrected chi connectivity index (χ4v) is 0.933. The predicted molar refractivity (Wildman–Crippen MR) is 45.0 cm³/mol. The van der Waals surface area contributed by atoms with Crippen molar-refractivity contribution in [3.05, 3.63) is 35.6 Å². The lowest BCUT2D eigenvalue weighted by molar-refractivity contribution is 0.0395. The Morgan fingerprint density at radius 1 is 1.25 bits per heavy atom. The molecule has 0 aromatic heterocycles. The van der Waals surface area contributed by atoms with E-state index in [9.17, 15) is 9.50 Å². The number of nitrogens with zero attached hydrogens (tertiary/aromatic N) is 1. The van der Waals surface area contributed by atoms with Crippen LogP contribution in [0.1, 0.15) is 11.8 Å². The average Bonchev–Trinajstić information content (AvgIpc) is 2.04. The van der Waals surface area contributed by atoms with Crippen LogP contribution in [0, 0.1) is 5.82 Å². The van der Waals surface area contributed by atoms with Gasteiger partial charge in [-0.3, -0.25) is 4.90 Å². The summed E-state index contributed by atoms with van der Waals surface area (Å²) >= 11 is 0. The minimum absolute atomic E-state index is 0.287. The Hall–Kier alpha value is -0.930. The van der Waals surface area contributed by atoms with Crippen LogP contribution in [-0.4, -0.2) is 24.1 Å². The Kier molecular flexibility index (Phi) is 2.78. The number of halogens is 1. The van der Waals surface area contributed by atoms with Gasteiger partial charge in [-0.25, -0.2) is 4.39 Å². The van der Waals surface area contributed by atoms with Crippen molar-refractivity contribution in [3.63, 3.8) is 0 Å². The molecule has 1 unspecified atom stereocenters. The molecule has 1 rings (SSSR count). The van der Waals surface area contributed by atoms with Gasteiger partial charge in [-0.1, -0.05) is 12.1 Å². The SMILES string of the molecule is CN(C)C(O)c1ccc(F)cc1. The molecule has 0 radical (unpaired) electrons. The molecule has 1 aromatic rings. The molecule has 0 fully saturated rings. The van der Waals surface area contributed by atoms with E-state index in [2.05, 4.69) is 0 Å².